The lowest BCUT2D eigenvalue weighted by Gasteiger charge is -2.37. The highest BCUT2D eigenvalue weighted by atomic mass is 32.1. The average molecular weight is 698 g/mol. The number of fused-ring (bicyclic) bond motifs is 12. The Labute approximate surface area is 307 Å². The van der Waals surface area contributed by atoms with Crippen LogP contribution in [0.5, 0.6) is 11.5 Å². The minimum atomic E-state index is -2.73. The first-order valence-corrected chi connectivity index (χ1v) is 20.6. The molecule has 0 N–H and O–H groups in total. The molecule has 0 unspecified atom stereocenters. The molecule has 1 spiro atoms. The minimum Gasteiger partial charge on any atom is -0.458 e. The van der Waals surface area contributed by atoms with Crippen molar-refractivity contribution >= 4 is 77.4 Å². The summed E-state index contributed by atoms with van der Waals surface area (Å²) in [4.78, 5) is 2.41. The van der Waals surface area contributed by atoms with Gasteiger partial charge in [-0.25, -0.2) is 0 Å². The molecule has 0 atom stereocenters. The molecule has 2 aliphatic rings. The number of nitrogens with zero attached hydrogens (tertiary/aromatic N) is 1. The zero-order valence-corrected chi connectivity index (χ0v) is 30.0. The van der Waals surface area contributed by atoms with Gasteiger partial charge in [0, 0.05) is 37.2 Å². The van der Waals surface area contributed by atoms with Crippen molar-refractivity contribution in [3.05, 3.63) is 188 Å². The number of thiophene rings is 1. The number of rotatable bonds is 4. The van der Waals surface area contributed by atoms with E-state index in [0.717, 1.165) is 28.6 Å². The largest absolute Gasteiger partial charge is 0.458 e. The highest BCUT2D eigenvalue weighted by Crippen LogP contribution is 2.43. The van der Waals surface area contributed by atoms with Crippen molar-refractivity contribution in [1.82, 2.24) is 0 Å². The maximum atomic E-state index is 6.63. The van der Waals surface area contributed by atoms with Crippen molar-refractivity contribution in [1.29, 1.82) is 0 Å². The van der Waals surface area contributed by atoms with Gasteiger partial charge in [0.1, 0.15) is 11.5 Å². The number of anilines is 3. The zero-order chi connectivity index (χ0) is 34.2. The van der Waals surface area contributed by atoms with E-state index in [-0.39, 0.29) is 0 Å². The second kappa shape index (κ2) is 11.4. The van der Waals surface area contributed by atoms with Crippen molar-refractivity contribution in [2.24, 2.45) is 0 Å². The van der Waals surface area contributed by atoms with Crippen LogP contribution in [0.2, 0.25) is 0 Å². The molecular formula is C48H31NOSSi. The fraction of sp³-hybridized carbons (Fsp3) is 0. The van der Waals surface area contributed by atoms with Crippen LogP contribution in [0.25, 0.3) is 42.4 Å². The van der Waals surface area contributed by atoms with E-state index in [0.29, 0.717) is 0 Å². The first-order chi connectivity index (χ1) is 25.8. The predicted octanol–water partition coefficient (Wildman–Crippen LogP) is 10.7. The molecule has 0 radical (unpaired) electrons. The van der Waals surface area contributed by atoms with Crippen LogP contribution >= 0.6 is 11.3 Å². The molecule has 8 aromatic carbocycles. The van der Waals surface area contributed by atoms with Crippen LogP contribution in [0.4, 0.5) is 17.1 Å². The van der Waals surface area contributed by atoms with Crippen LogP contribution in [0, 0.1) is 0 Å². The summed E-state index contributed by atoms with van der Waals surface area (Å²) < 4.78 is 9.29. The number of para-hydroxylation sites is 3. The van der Waals surface area contributed by atoms with Gasteiger partial charge in [-0.3, -0.25) is 0 Å². The summed E-state index contributed by atoms with van der Waals surface area (Å²) in [5, 5.41) is 8.10. The third kappa shape index (κ3) is 4.16. The summed E-state index contributed by atoms with van der Waals surface area (Å²) in [5.41, 5.74) is 8.53. The van der Waals surface area contributed by atoms with Crippen LogP contribution < -0.4 is 30.4 Å². The molecule has 0 amide bonds. The fourth-order valence-corrected chi connectivity index (χ4v) is 15.4. The van der Waals surface area contributed by atoms with Crippen molar-refractivity contribution in [2.75, 3.05) is 4.90 Å². The van der Waals surface area contributed by atoms with E-state index in [4.69, 9.17) is 4.74 Å². The summed E-state index contributed by atoms with van der Waals surface area (Å²) >= 11 is 1.88. The van der Waals surface area contributed by atoms with Gasteiger partial charge in [0.05, 0.1) is 0 Å². The lowest BCUT2D eigenvalue weighted by atomic mass is 10.0. The van der Waals surface area contributed by atoms with Gasteiger partial charge in [0.15, 0.2) is 8.07 Å². The molecule has 244 valence electrons. The molecule has 1 aromatic heterocycles. The van der Waals surface area contributed by atoms with Gasteiger partial charge in [0.25, 0.3) is 0 Å². The molecule has 0 bridgehead atoms. The average Bonchev–Trinajstić information content (AvgIpc) is 3.73. The normalized spacial score (nSPS) is 13.3. The van der Waals surface area contributed by atoms with Crippen molar-refractivity contribution in [2.45, 2.75) is 0 Å². The summed E-state index contributed by atoms with van der Waals surface area (Å²) in [5.74, 6) is 1.93. The summed E-state index contributed by atoms with van der Waals surface area (Å²) in [6.07, 6.45) is 0. The molecular weight excluding hydrogens is 667 g/mol. The Morgan fingerprint density at radius 3 is 1.77 bits per heavy atom. The Kier molecular flexibility index (Phi) is 6.47. The molecule has 11 rings (SSSR count). The van der Waals surface area contributed by atoms with Gasteiger partial charge >= 0.3 is 0 Å². The van der Waals surface area contributed by atoms with Crippen LogP contribution in [0.3, 0.4) is 0 Å². The maximum absolute atomic E-state index is 6.63. The van der Waals surface area contributed by atoms with Crippen LogP contribution in [0.15, 0.2) is 188 Å². The molecule has 0 aliphatic carbocycles. The van der Waals surface area contributed by atoms with Gasteiger partial charge in [-0.15, -0.1) is 11.3 Å². The van der Waals surface area contributed by atoms with Gasteiger partial charge < -0.3 is 9.64 Å². The Balaban J connectivity index is 1.11. The molecule has 4 heteroatoms. The van der Waals surface area contributed by atoms with Crippen molar-refractivity contribution in [3.63, 3.8) is 0 Å². The first-order valence-electron chi connectivity index (χ1n) is 17.8. The molecule has 52 heavy (non-hydrogen) atoms. The second-order valence-electron chi connectivity index (χ2n) is 13.6. The molecule has 9 aromatic rings. The smallest absolute Gasteiger partial charge is 0.189 e. The molecule has 0 fully saturated rings. The quantitative estimate of drug-likeness (QED) is 0.170. The van der Waals surface area contributed by atoms with E-state index >= 15 is 0 Å². The Morgan fingerprint density at radius 2 is 0.981 bits per heavy atom. The molecule has 2 aliphatic heterocycles. The lowest BCUT2D eigenvalue weighted by Crippen LogP contribution is -2.74. The predicted molar refractivity (Wildman–Crippen MR) is 222 cm³/mol. The maximum Gasteiger partial charge on any atom is 0.189 e. The van der Waals surface area contributed by atoms with E-state index < -0.39 is 8.07 Å². The van der Waals surface area contributed by atoms with Crippen molar-refractivity contribution < 1.29 is 4.74 Å². The summed E-state index contributed by atoms with van der Waals surface area (Å²) in [6.45, 7) is 0. The Bertz CT molecular complexity index is 2800. The molecule has 2 nitrogen and oxygen atoms in total. The minimum absolute atomic E-state index is 0.963. The van der Waals surface area contributed by atoms with E-state index in [9.17, 15) is 0 Å². The number of hydrogen-bond acceptors (Lipinski definition) is 3. The van der Waals surface area contributed by atoms with E-state index in [2.05, 4.69) is 193 Å². The number of benzene rings is 8. The number of hydrogen-bond donors (Lipinski definition) is 0. The molecule has 0 saturated heterocycles. The van der Waals surface area contributed by atoms with Gasteiger partial charge in [-0.05, 0) is 97.6 Å². The van der Waals surface area contributed by atoms with Crippen LogP contribution in [-0.4, -0.2) is 8.07 Å². The van der Waals surface area contributed by atoms with Crippen LogP contribution in [-0.2, 0) is 0 Å². The molecule has 3 heterocycles. The first kappa shape index (κ1) is 29.5. The molecule has 0 saturated carbocycles. The Morgan fingerprint density at radius 1 is 0.404 bits per heavy atom. The summed E-state index contributed by atoms with van der Waals surface area (Å²) in [7, 11) is -2.73. The fourth-order valence-electron chi connectivity index (χ4n) is 8.77. The third-order valence-corrected chi connectivity index (χ3v) is 17.1. The monoisotopic (exact) mass is 697 g/mol. The van der Waals surface area contributed by atoms with Gasteiger partial charge in [-0.2, -0.15) is 0 Å². The van der Waals surface area contributed by atoms with Crippen LogP contribution in [0.1, 0.15) is 0 Å². The highest BCUT2D eigenvalue weighted by molar-refractivity contribution is 7.26. The van der Waals surface area contributed by atoms with E-state index in [1.165, 1.54) is 63.2 Å². The summed E-state index contributed by atoms with van der Waals surface area (Å²) in [6, 6.07) is 69.0. The topological polar surface area (TPSA) is 12.5 Å². The number of ether oxygens (including phenoxy) is 1. The SMILES string of the molecule is c1ccc(N(c2ccc(-c3cccc4c3sc3ccccc34)cc2)c2ccc3c(c2)[Si]2(c4ccccc4Oc4ccccc42)c2ccccc2-3)cc1. The lowest BCUT2D eigenvalue weighted by molar-refractivity contribution is 0.487. The zero-order valence-electron chi connectivity index (χ0n) is 28.2. The van der Waals surface area contributed by atoms with Crippen molar-refractivity contribution in [3.8, 4) is 33.8 Å². The standard InChI is InChI=1S/C48H31NOSSi/c1-2-13-33(14-3-1)49(34-27-25-32(26-28-34)36-17-12-18-40-37-15-4-8-21-43(37)51-48(36)40)35-29-30-39-38-16-5-9-22-44(38)52(47(39)31-35)45-23-10-6-19-41(45)50-42-20-7-11-24-46(42)52/h1-31H. The van der Waals surface area contributed by atoms with E-state index in [1.807, 2.05) is 11.3 Å². The van der Waals surface area contributed by atoms with Gasteiger partial charge in [0.2, 0.25) is 0 Å². The third-order valence-electron chi connectivity index (χ3n) is 10.9. The second-order valence-corrected chi connectivity index (χ2v) is 18.3. The van der Waals surface area contributed by atoms with Gasteiger partial charge in [-0.1, -0.05) is 133 Å². The Hall–Kier alpha value is -6.20. The highest BCUT2D eigenvalue weighted by Gasteiger charge is 2.53. The van der Waals surface area contributed by atoms with E-state index in [1.54, 1.807) is 0 Å².